The predicted molar refractivity (Wildman–Crippen MR) is 84.1 cm³/mol. The van der Waals surface area contributed by atoms with Crippen LogP contribution in [0.25, 0.3) is 5.65 Å². The van der Waals surface area contributed by atoms with Crippen LogP contribution in [0.2, 0.25) is 0 Å². The first-order chi connectivity index (χ1) is 9.52. The number of rotatable bonds is 5. The van der Waals surface area contributed by atoms with E-state index in [4.69, 9.17) is 0 Å². The molecule has 0 saturated heterocycles. The third-order valence-corrected chi connectivity index (χ3v) is 3.68. The number of aryl methyl sites for hydroxylation is 1. The fourth-order valence-corrected chi connectivity index (χ4v) is 2.45. The molecule has 0 radical (unpaired) electrons. The van der Waals surface area contributed by atoms with Gasteiger partial charge in [-0.15, -0.1) is 0 Å². The second kappa shape index (κ2) is 6.39. The number of amides is 1. The molecule has 20 heavy (non-hydrogen) atoms. The minimum Gasteiger partial charge on any atom is -0.351 e. The Bertz CT molecular complexity index is 619. The molecule has 0 aliphatic rings. The molecule has 0 fully saturated rings. The first-order valence-electron chi connectivity index (χ1n) is 6.97. The Morgan fingerprint density at radius 2 is 2.20 bits per heavy atom. The first kappa shape index (κ1) is 15.0. The van der Waals surface area contributed by atoms with E-state index in [-0.39, 0.29) is 5.91 Å². The second-order valence-electron chi connectivity index (χ2n) is 5.27. The topological polar surface area (TPSA) is 46.4 Å². The lowest BCUT2D eigenvalue weighted by Crippen LogP contribution is -2.27. The van der Waals surface area contributed by atoms with Crippen LogP contribution in [0.3, 0.4) is 0 Å². The molecule has 0 aromatic carbocycles. The average Bonchev–Trinajstić information content (AvgIpc) is 2.75. The van der Waals surface area contributed by atoms with Crippen LogP contribution < -0.4 is 5.32 Å². The molecule has 0 bridgehead atoms. The van der Waals surface area contributed by atoms with Crippen molar-refractivity contribution in [2.45, 2.75) is 33.6 Å². The van der Waals surface area contributed by atoms with Gasteiger partial charge in [0.2, 0.25) is 0 Å². The third-order valence-electron chi connectivity index (χ3n) is 3.21. The smallest absolute Gasteiger partial charge is 0.270 e. The zero-order chi connectivity index (χ0) is 14.7. The summed E-state index contributed by atoms with van der Waals surface area (Å²) in [5.74, 6) is 0.533. The first-order valence-corrected chi connectivity index (χ1v) is 7.77. The van der Waals surface area contributed by atoms with Crippen molar-refractivity contribution >= 4 is 27.5 Å². The van der Waals surface area contributed by atoms with Gasteiger partial charge in [-0.1, -0.05) is 20.8 Å². The van der Waals surface area contributed by atoms with E-state index in [1.54, 1.807) is 0 Å². The number of pyridine rings is 1. The molecule has 0 saturated carbocycles. The Hall–Kier alpha value is -1.36. The predicted octanol–water partition coefficient (Wildman–Crippen LogP) is 3.44. The molecule has 2 rings (SSSR count). The third kappa shape index (κ3) is 3.20. The Kier molecular flexibility index (Phi) is 4.81. The van der Waals surface area contributed by atoms with Crippen LogP contribution in [0.5, 0.6) is 0 Å². The number of hydrogen-bond acceptors (Lipinski definition) is 2. The molecule has 5 heteroatoms. The highest BCUT2D eigenvalue weighted by atomic mass is 79.9. The quantitative estimate of drug-likeness (QED) is 0.908. The number of fused-ring (bicyclic) bond motifs is 1. The highest BCUT2D eigenvalue weighted by molar-refractivity contribution is 9.10. The Morgan fingerprint density at radius 1 is 1.45 bits per heavy atom. The fraction of sp³-hybridized carbons (Fsp3) is 0.467. The summed E-state index contributed by atoms with van der Waals surface area (Å²) >= 11 is 3.44. The van der Waals surface area contributed by atoms with Crippen LogP contribution in [0.1, 0.15) is 43.4 Å². The number of nitrogens with zero attached hydrogens (tertiary/aromatic N) is 2. The zero-order valence-corrected chi connectivity index (χ0v) is 13.7. The molecule has 108 valence electrons. The van der Waals surface area contributed by atoms with Gasteiger partial charge >= 0.3 is 0 Å². The number of aromatic nitrogens is 2. The molecule has 0 unspecified atom stereocenters. The van der Waals surface area contributed by atoms with E-state index < -0.39 is 0 Å². The summed E-state index contributed by atoms with van der Waals surface area (Å²) in [5, 5.41) is 2.99. The number of imidazole rings is 1. The van der Waals surface area contributed by atoms with Gasteiger partial charge in [0, 0.05) is 17.2 Å². The number of halogens is 1. The normalized spacial score (nSPS) is 11.2. The minimum absolute atomic E-state index is 0.0481. The minimum atomic E-state index is -0.0481. The summed E-state index contributed by atoms with van der Waals surface area (Å²) in [4.78, 5) is 16.9. The number of carbonyl (C=O) groups is 1. The summed E-state index contributed by atoms with van der Waals surface area (Å²) in [6, 6.07) is 3.84. The number of hydrogen-bond donors (Lipinski definition) is 1. The van der Waals surface area contributed by atoms with Crippen LogP contribution in [0, 0.1) is 5.92 Å². The SMILES string of the molecule is CCc1nc2ccc(Br)cn2c1C(=O)NCCC(C)C. The highest BCUT2D eigenvalue weighted by Gasteiger charge is 2.17. The van der Waals surface area contributed by atoms with Crippen LogP contribution in [-0.4, -0.2) is 21.8 Å². The van der Waals surface area contributed by atoms with Crippen molar-refractivity contribution in [3.63, 3.8) is 0 Å². The van der Waals surface area contributed by atoms with Crippen LogP contribution >= 0.6 is 15.9 Å². The lowest BCUT2D eigenvalue weighted by Gasteiger charge is -2.08. The van der Waals surface area contributed by atoms with Gasteiger partial charge in [0.05, 0.1) is 5.69 Å². The Labute approximate surface area is 127 Å². The molecule has 2 heterocycles. The number of nitrogens with one attached hydrogen (secondary N) is 1. The van der Waals surface area contributed by atoms with E-state index in [9.17, 15) is 4.79 Å². The molecule has 1 N–H and O–H groups in total. The summed E-state index contributed by atoms with van der Waals surface area (Å²) < 4.78 is 2.79. The molecule has 2 aromatic rings. The van der Waals surface area contributed by atoms with Crippen LogP contribution in [-0.2, 0) is 6.42 Å². The molecule has 0 aliphatic heterocycles. The van der Waals surface area contributed by atoms with E-state index in [2.05, 4.69) is 40.1 Å². The zero-order valence-electron chi connectivity index (χ0n) is 12.1. The van der Waals surface area contributed by atoms with E-state index in [1.165, 1.54) is 0 Å². The molecule has 0 aliphatic carbocycles. The van der Waals surface area contributed by atoms with Gasteiger partial charge < -0.3 is 5.32 Å². The van der Waals surface area contributed by atoms with Gasteiger partial charge in [-0.25, -0.2) is 4.98 Å². The van der Waals surface area contributed by atoms with E-state index in [1.807, 2.05) is 29.7 Å². The lowest BCUT2D eigenvalue weighted by molar-refractivity contribution is 0.0945. The van der Waals surface area contributed by atoms with Crippen molar-refractivity contribution < 1.29 is 4.79 Å². The lowest BCUT2D eigenvalue weighted by atomic mass is 10.1. The maximum absolute atomic E-state index is 12.4. The highest BCUT2D eigenvalue weighted by Crippen LogP contribution is 2.17. The van der Waals surface area contributed by atoms with Gasteiger partial charge in [-0.3, -0.25) is 9.20 Å². The van der Waals surface area contributed by atoms with Crippen molar-refractivity contribution in [2.75, 3.05) is 6.54 Å². The summed E-state index contributed by atoms with van der Waals surface area (Å²) in [6.07, 6.45) is 3.61. The monoisotopic (exact) mass is 337 g/mol. The van der Waals surface area contributed by atoms with Gasteiger partial charge in [0.1, 0.15) is 11.3 Å². The molecule has 0 atom stereocenters. The van der Waals surface area contributed by atoms with Crippen molar-refractivity contribution in [3.05, 3.63) is 34.2 Å². The van der Waals surface area contributed by atoms with Crippen molar-refractivity contribution in [1.29, 1.82) is 0 Å². The van der Waals surface area contributed by atoms with Crippen LogP contribution in [0.15, 0.2) is 22.8 Å². The molecule has 2 aromatic heterocycles. The van der Waals surface area contributed by atoms with Crippen molar-refractivity contribution in [3.8, 4) is 0 Å². The van der Waals surface area contributed by atoms with E-state index in [0.29, 0.717) is 18.2 Å². The van der Waals surface area contributed by atoms with E-state index >= 15 is 0 Å². The largest absolute Gasteiger partial charge is 0.351 e. The maximum Gasteiger partial charge on any atom is 0.270 e. The van der Waals surface area contributed by atoms with Crippen LogP contribution in [0.4, 0.5) is 0 Å². The summed E-state index contributed by atoms with van der Waals surface area (Å²) in [6.45, 7) is 7.01. The van der Waals surface area contributed by atoms with E-state index in [0.717, 1.165) is 28.7 Å². The molecular formula is C15H20BrN3O. The molecular weight excluding hydrogens is 318 g/mol. The molecule has 0 spiro atoms. The average molecular weight is 338 g/mol. The standard InChI is InChI=1S/C15H20BrN3O/c1-4-12-14(15(20)17-8-7-10(2)3)19-9-11(16)5-6-13(19)18-12/h5-6,9-10H,4,7-8H2,1-3H3,(H,17,20). The fourth-order valence-electron chi connectivity index (χ4n) is 2.11. The second-order valence-corrected chi connectivity index (χ2v) is 6.19. The number of carbonyl (C=O) groups excluding carboxylic acids is 1. The van der Waals surface area contributed by atoms with Crippen molar-refractivity contribution in [2.24, 2.45) is 5.92 Å². The van der Waals surface area contributed by atoms with Gasteiger partial charge in [-0.05, 0) is 46.8 Å². The van der Waals surface area contributed by atoms with Gasteiger partial charge in [0.25, 0.3) is 5.91 Å². The Balaban J connectivity index is 2.31. The van der Waals surface area contributed by atoms with Crippen molar-refractivity contribution in [1.82, 2.24) is 14.7 Å². The van der Waals surface area contributed by atoms with Gasteiger partial charge in [-0.2, -0.15) is 0 Å². The maximum atomic E-state index is 12.4. The Morgan fingerprint density at radius 3 is 2.85 bits per heavy atom. The summed E-state index contributed by atoms with van der Waals surface area (Å²) in [7, 11) is 0. The molecule has 1 amide bonds. The molecule has 4 nitrogen and oxygen atoms in total. The summed E-state index contributed by atoms with van der Waals surface area (Å²) in [5.41, 5.74) is 2.29. The van der Waals surface area contributed by atoms with Gasteiger partial charge in [0.15, 0.2) is 0 Å².